The average molecular weight is 223 g/mol. The van der Waals surface area contributed by atoms with Crippen LogP contribution in [0.2, 0.25) is 0 Å². The Morgan fingerprint density at radius 1 is 1.07 bits per heavy atom. The molecular weight excluding hydrogens is 200 g/mol. The number of hydrogen-bond donors (Lipinski definition) is 2. The first-order chi connectivity index (χ1) is 6.50. The van der Waals surface area contributed by atoms with Gasteiger partial charge in [-0.15, -0.1) is 11.6 Å². The standard InChI is InChI=1S/C11H23ClO2/c1-3-4-5-6-7-8-9-11(2,12)10(13)14/h10,13-14H,3-9H2,1-2H3. The van der Waals surface area contributed by atoms with E-state index < -0.39 is 11.2 Å². The van der Waals surface area contributed by atoms with Crippen LogP contribution >= 0.6 is 11.6 Å². The molecule has 0 bridgehead atoms. The van der Waals surface area contributed by atoms with Gasteiger partial charge in [-0.2, -0.15) is 0 Å². The Labute approximate surface area is 92.3 Å². The zero-order valence-electron chi connectivity index (χ0n) is 9.30. The van der Waals surface area contributed by atoms with Crippen molar-refractivity contribution >= 4 is 11.6 Å². The van der Waals surface area contributed by atoms with Gasteiger partial charge < -0.3 is 10.2 Å². The van der Waals surface area contributed by atoms with Gasteiger partial charge in [0.05, 0.1) is 4.87 Å². The van der Waals surface area contributed by atoms with E-state index in [4.69, 9.17) is 21.8 Å². The van der Waals surface area contributed by atoms with Crippen LogP contribution in [0.4, 0.5) is 0 Å². The normalized spacial score (nSPS) is 15.9. The molecule has 0 rings (SSSR count). The maximum atomic E-state index is 8.94. The summed E-state index contributed by atoms with van der Waals surface area (Å²) in [6.45, 7) is 3.86. The molecule has 14 heavy (non-hydrogen) atoms. The topological polar surface area (TPSA) is 40.5 Å². The Bertz CT molecular complexity index is 135. The molecule has 1 unspecified atom stereocenters. The van der Waals surface area contributed by atoms with E-state index in [0.717, 1.165) is 12.8 Å². The number of alkyl halides is 1. The van der Waals surface area contributed by atoms with E-state index in [-0.39, 0.29) is 0 Å². The molecule has 0 fully saturated rings. The Morgan fingerprint density at radius 2 is 1.57 bits per heavy atom. The molecule has 0 aliphatic carbocycles. The van der Waals surface area contributed by atoms with Crippen molar-refractivity contribution in [2.45, 2.75) is 70.0 Å². The maximum absolute atomic E-state index is 8.94. The minimum atomic E-state index is -1.42. The van der Waals surface area contributed by atoms with Crippen LogP contribution < -0.4 is 0 Å². The van der Waals surface area contributed by atoms with Crippen LogP contribution in [0.3, 0.4) is 0 Å². The summed E-state index contributed by atoms with van der Waals surface area (Å²) in [7, 11) is 0. The molecule has 0 heterocycles. The summed E-state index contributed by atoms with van der Waals surface area (Å²) in [5, 5.41) is 17.9. The zero-order valence-corrected chi connectivity index (χ0v) is 10.1. The molecule has 0 radical (unpaired) electrons. The first kappa shape index (κ1) is 14.2. The average Bonchev–Trinajstić information content (AvgIpc) is 2.10. The highest BCUT2D eigenvalue weighted by atomic mass is 35.5. The minimum absolute atomic E-state index is 0.665. The summed E-state index contributed by atoms with van der Waals surface area (Å²) in [6.07, 6.45) is 6.40. The fraction of sp³-hybridized carbons (Fsp3) is 1.00. The summed E-state index contributed by atoms with van der Waals surface area (Å²) in [4.78, 5) is -0.870. The van der Waals surface area contributed by atoms with Gasteiger partial charge in [-0.25, -0.2) is 0 Å². The fourth-order valence-electron chi connectivity index (χ4n) is 1.38. The van der Waals surface area contributed by atoms with Crippen molar-refractivity contribution in [3.05, 3.63) is 0 Å². The largest absolute Gasteiger partial charge is 0.367 e. The number of unbranched alkanes of at least 4 members (excludes halogenated alkanes) is 5. The van der Waals surface area contributed by atoms with Gasteiger partial charge in [-0.05, 0) is 13.3 Å². The van der Waals surface area contributed by atoms with E-state index in [9.17, 15) is 0 Å². The van der Waals surface area contributed by atoms with Gasteiger partial charge in [0.2, 0.25) is 0 Å². The van der Waals surface area contributed by atoms with Crippen LogP contribution in [0.5, 0.6) is 0 Å². The predicted molar refractivity (Wildman–Crippen MR) is 60.5 cm³/mol. The van der Waals surface area contributed by atoms with Gasteiger partial charge in [0.15, 0.2) is 6.29 Å². The second-order valence-corrected chi connectivity index (χ2v) is 5.03. The molecular formula is C11H23ClO2. The van der Waals surface area contributed by atoms with E-state index >= 15 is 0 Å². The zero-order chi connectivity index (χ0) is 11.0. The van der Waals surface area contributed by atoms with Crippen molar-refractivity contribution in [2.24, 2.45) is 0 Å². The Kier molecular flexibility index (Phi) is 7.61. The highest BCUT2D eigenvalue weighted by molar-refractivity contribution is 6.23. The molecule has 0 spiro atoms. The van der Waals surface area contributed by atoms with Crippen LogP contribution in [0, 0.1) is 0 Å². The van der Waals surface area contributed by atoms with Crippen LogP contribution in [0.25, 0.3) is 0 Å². The van der Waals surface area contributed by atoms with Gasteiger partial charge in [-0.1, -0.05) is 45.4 Å². The number of aliphatic hydroxyl groups excluding tert-OH is 1. The van der Waals surface area contributed by atoms with E-state index in [1.807, 2.05) is 0 Å². The van der Waals surface area contributed by atoms with Gasteiger partial charge in [0, 0.05) is 0 Å². The molecule has 0 aromatic heterocycles. The lowest BCUT2D eigenvalue weighted by Gasteiger charge is -2.23. The number of hydrogen-bond acceptors (Lipinski definition) is 2. The Balaban J connectivity index is 3.35. The van der Waals surface area contributed by atoms with Crippen molar-refractivity contribution in [3.63, 3.8) is 0 Å². The summed E-state index contributed by atoms with van der Waals surface area (Å²) in [6, 6.07) is 0. The highest BCUT2D eigenvalue weighted by Crippen LogP contribution is 2.25. The minimum Gasteiger partial charge on any atom is -0.367 e. The van der Waals surface area contributed by atoms with Gasteiger partial charge >= 0.3 is 0 Å². The van der Waals surface area contributed by atoms with E-state index in [1.165, 1.54) is 25.7 Å². The lowest BCUT2D eigenvalue weighted by Crippen LogP contribution is -2.33. The van der Waals surface area contributed by atoms with Crippen molar-refractivity contribution in [3.8, 4) is 0 Å². The molecule has 0 saturated heterocycles. The molecule has 1 atom stereocenters. The Hall–Kier alpha value is 0.210. The van der Waals surface area contributed by atoms with Gasteiger partial charge in [-0.3, -0.25) is 0 Å². The van der Waals surface area contributed by atoms with Crippen molar-refractivity contribution in [1.29, 1.82) is 0 Å². The molecule has 0 aromatic rings. The molecule has 0 aromatic carbocycles. The number of halogens is 1. The van der Waals surface area contributed by atoms with Crippen LogP contribution in [0.1, 0.15) is 58.8 Å². The monoisotopic (exact) mass is 222 g/mol. The summed E-state index contributed by atoms with van der Waals surface area (Å²) < 4.78 is 0. The smallest absolute Gasteiger partial charge is 0.170 e. The van der Waals surface area contributed by atoms with Crippen LogP contribution in [0.15, 0.2) is 0 Å². The molecule has 86 valence electrons. The first-order valence-electron chi connectivity index (χ1n) is 5.55. The SMILES string of the molecule is CCCCCCCCC(C)(Cl)C(O)O. The third-order valence-corrected chi connectivity index (χ3v) is 2.94. The summed E-state index contributed by atoms with van der Waals surface area (Å²) in [5.41, 5.74) is 0. The quantitative estimate of drug-likeness (QED) is 0.377. The van der Waals surface area contributed by atoms with Crippen LogP contribution in [-0.4, -0.2) is 21.4 Å². The molecule has 0 amide bonds. The second-order valence-electron chi connectivity index (χ2n) is 4.17. The Morgan fingerprint density at radius 3 is 2.07 bits per heavy atom. The maximum Gasteiger partial charge on any atom is 0.170 e. The third-order valence-electron chi connectivity index (χ3n) is 2.56. The second kappa shape index (κ2) is 7.49. The van der Waals surface area contributed by atoms with Gasteiger partial charge in [0.25, 0.3) is 0 Å². The number of rotatable bonds is 8. The van der Waals surface area contributed by atoms with E-state index in [1.54, 1.807) is 6.92 Å². The molecule has 3 heteroatoms. The molecule has 2 nitrogen and oxygen atoms in total. The molecule has 0 saturated carbocycles. The predicted octanol–water partition coefficient (Wildman–Crippen LogP) is 3.05. The van der Waals surface area contributed by atoms with E-state index in [0.29, 0.717) is 6.42 Å². The van der Waals surface area contributed by atoms with E-state index in [2.05, 4.69) is 6.92 Å². The first-order valence-corrected chi connectivity index (χ1v) is 5.93. The van der Waals surface area contributed by atoms with Crippen molar-refractivity contribution < 1.29 is 10.2 Å². The summed E-state index contributed by atoms with van der Waals surface area (Å²) in [5.74, 6) is 0. The molecule has 0 aliphatic rings. The fourth-order valence-corrected chi connectivity index (χ4v) is 1.51. The number of aliphatic hydroxyl groups is 2. The van der Waals surface area contributed by atoms with Gasteiger partial charge in [0.1, 0.15) is 0 Å². The molecule has 0 aliphatic heterocycles. The van der Waals surface area contributed by atoms with Crippen LogP contribution in [-0.2, 0) is 0 Å². The third kappa shape index (κ3) is 6.63. The highest BCUT2D eigenvalue weighted by Gasteiger charge is 2.27. The lowest BCUT2D eigenvalue weighted by atomic mass is 10.0. The van der Waals surface area contributed by atoms with Crippen molar-refractivity contribution in [2.75, 3.05) is 0 Å². The molecule has 2 N–H and O–H groups in total. The lowest BCUT2D eigenvalue weighted by molar-refractivity contribution is -0.0697. The summed E-state index contributed by atoms with van der Waals surface area (Å²) >= 11 is 5.91. The van der Waals surface area contributed by atoms with Crippen molar-refractivity contribution in [1.82, 2.24) is 0 Å².